The van der Waals surface area contributed by atoms with Gasteiger partial charge in [0, 0.05) is 10.1 Å². The van der Waals surface area contributed by atoms with Crippen molar-refractivity contribution in [1.29, 1.82) is 0 Å². The smallest absolute Gasteiger partial charge is 0.0128 e. The Balaban J connectivity index is 1.90. The van der Waals surface area contributed by atoms with Gasteiger partial charge in [0.1, 0.15) is 0 Å². The fourth-order valence-corrected chi connectivity index (χ4v) is 2.68. The summed E-state index contributed by atoms with van der Waals surface area (Å²) in [4.78, 5) is 1.39. The minimum atomic E-state index is 0.705. The molecule has 1 atom stereocenters. The summed E-state index contributed by atoms with van der Waals surface area (Å²) in [7, 11) is 0. The van der Waals surface area contributed by atoms with E-state index in [9.17, 15) is 0 Å². The summed E-state index contributed by atoms with van der Waals surface area (Å²) in [5.74, 6) is 0. The van der Waals surface area contributed by atoms with E-state index < -0.39 is 0 Å². The number of hydrogen-bond donors (Lipinski definition) is 0. The van der Waals surface area contributed by atoms with Crippen molar-refractivity contribution in [3.63, 3.8) is 0 Å². The topological polar surface area (TPSA) is 0 Å². The molecule has 2 rings (SSSR count). The molecule has 0 aliphatic heterocycles. The first-order chi connectivity index (χ1) is 6.45. The molecule has 2 radical (unpaired) electrons. The number of thioether (sulfide) groups is 1. The van der Waals surface area contributed by atoms with Crippen LogP contribution in [0.15, 0.2) is 35.2 Å². The Hall–Kier alpha value is -0.430. The van der Waals surface area contributed by atoms with E-state index in [1.54, 1.807) is 0 Å². The van der Waals surface area contributed by atoms with Gasteiger partial charge in [-0.3, -0.25) is 0 Å². The first-order valence-corrected chi connectivity index (χ1v) is 5.70. The molecule has 1 aliphatic carbocycles. The Bertz CT molecular complexity index is 237. The highest BCUT2D eigenvalue weighted by molar-refractivity contribution is 8.00. The zero-order chi connectivity index (χ0) is 8.93. The Morgan fingerprint density at radius 1 is 1.08 bits per heavy atom. The Morgan fingerprint density at radius 2 is 1.92 bits per heavy atom. The van der Waals surface area contributed by atoms with Crippen molar-refractivity contribution in [2.75, 3.05) is 0 Å². The lowest BCUT2D eigenvalue weighted by Crippen LogP contribution is -2.08. The summed E-state index contributed by atoms with van der Waals surface area (Å²) in [6.45, 7) is 0. The molecule has 0 bridgehead atoms. The third kappa shape index (κ3) is 2.77. The van der Waals surface area contributed by atoms with Crippen molar-refractivity contribution in [3.05, 3.63) is 43.2 Å². The van der Waals surface area contributed by atoms with Gasteiger partial charge in [-0.2, -0.15) is 0 Å². The highest BCUT2D eigenvalue weighted by Crippen LogP contribution is 2.32. The van der Waals surface area contributed by atoms with Gasteiger partial charge < -0.3 is 0 Å². The Morgan fingerprint density at radius 3 is 2.62 bits per heavy atom. The zero-order valence-corrected chi connectivity index (χ0v) is 8.46. The molecule has 0 nitrogen and oxygen atoms in total. The molecule has 1 unspecified atom stereocenters. The summed E-state index contributed by atoms with van der Waals surface area (Å²) < 4.78 is 0. The standard InChI is InChI=1S/C12H14S/c1-3-7-11(8-4-1)13-12-9-5-2-6-10-12/h1,3-5,7-8,10,12H,2,6,9H2. The SMILES string of the molecule is [CH]1CC[CH]C(Sc2ccccc2)C1. The Kier molecular flexibility index (Phi) is 3.31. The maximum absolute atomic E-state index is 2.44. The molecule has 0 aromatic heterocycles. The fraction of sp³-hybridized carbons (Fsp3) is 0.333. The van der Waals surface area contributed by atoms with Crippen LogP contribution >= 0.6 is 11.8 Å². The number of benzene rings is 1. The average Bonchev–Trinajstić information content (AvgIpc) is 2.21. The maximum Gasteiger partial charge on any atom is 0.0128 e. The van der Waals surface area contributed by atoms with Gasteiger partial charge in [-0.1, -0.05) is 18.2 Å². The van der Waals surface area contributed by atoms with Crippen LogP contribution in [0.1, 0.15) is 19.3 Å². The van der Waals surface area contributed by atoms with Crippen molar-refractivity contribution >= 4 is 11.8 Å². The lowest BCUT2D eigenvalue weighted by molar-refractivity contribution is 0.726. The van der Waals surface area contributed by atoms with Gasteiger partial charge in [0.15, 0.2) is 0 Å². The molecule has 0 N–H and O–H groups in total. The summed E-state index contributed by atoms with van der Waals surface area (Å²) >= 11 is 1.98. The van der Waals surface area contributed by atoms with Gasteiger partial charge in [0.25, 0.3) is 0 Å². The largest absolute Gasteiger partial charge is 0.122 e. The molecule has 1 aliphatic rings. The van der Waals surface area contributed by atoms with E-state index in [4.69, 9.17) is 0 Å². The first kappa shape index (κ1) is 9.14. The van der Waals surface area contributed by atoms with Crippen LogP contribution < -0.4 is 0 Å². The van der Waals surface area contributed by atoms with Gasteiger partial charge in [-0.25, -0.2) is 0 Å². The van der Waals surface area contributed by atoms with E-state index in [1.807, 2.05) is 11.8 Å². The maximum atomic E-state index is 2.44. The van der Waals surface area contributed by atoms with Crippen LogP contribution in [0.2, 0.25) is 0 Å². The first-order valence-electron chi connectivity index (χ1n) is 4.82. The normalized spacial score (nSPS) is 18.8. The second-order valence-electron chi connectivity index (χ2n) is 3.31. The third-order valence-electron chi connectivity index (χ3n) is 2.23. The molecule has 0 saturated heterocycles. The van der Waals surface area contributed by atoms with Gasteiger partial charge in [-0.15, -0.1) is 11.8 Å². The van der Waals surface area contributed by atoms with Crippen molar-refractivity contribution in [3.8, 4) is 0 Å². The lowest BCUT2D eigenvalue weighted by Gasteiger charge is -2.20. The van der Waals surface area contributed by atoms with Crippen molar-refractivity contribution in [1.82, 2.24) is 0 Å². The fourth-order valence-electron chi connectivity index (χ4n) is 1.55. The van der Waals surface area contributed by atoms with E-state index in [-0.39, 0.29) is 0 Å². The molecule has 1 fully saturated rings. The van der Waals surface area contributed by atoms with Crippen molar-refractivity contribution < 1.29 is 0 Å². The molecule has 1 heteroatoms. The molecule has 0 heterocycles. The van der Waals surface area contributed by atoms with Gasteiger partial charge >= 0.3 is 0 Å². The Labute approximate surface area is 84.7 Å². The van der Waals surface area contributed by atoms with Crippen LogP contribution in [0.3, 0.4) is 0 Å². The predicted octanol–water partition coefficient (Wildman–Crippen LogP) is 3.74. The predicted molar refractivity (Wildman–Crippen MR) is 58.5 cm³/mol. The molecule has 13 heavy (non-hydrogen) atoms. The van der Waals surface area contributed by atoms with Gasteiger partial charge in [0.2, 0.25) is 0 Å². The molecule has 1 aromatic rings. The van der Waals surface area contributed by atoms with Crippen LogP contribution in [0.4, 0.5) is 0 Å². The molecule has 68 valence electrons. The van der Waals surface area contributed by atoms with Crippen LogP contribution in [0.5, 0.6) is 0 Å². The summed E-state index contributed by atoms with van der Waals surface area (Å²) in [5.41, 5.74) is 0. The lowest BCUT2D eigenvalue weighted by atomic mass is 10.0. The van der Waals surface area contributed by atoms with Crippen LogP contribution in [-0.2, 0) is 0 Å². The second-order valence-corrected chi connectivity index (χ2v) is 4.62. The average molecular weight is 190 g/mol. The minimum Gasteiger partial charge on any atom is -0.122 e. The molecule has 0 amide bonds. The quantitative estimate of drug-likeness (QED) is 0.684. The molecular formula is C12H14S. The highest BCUT2D eigenvalue weighted by atomic mass is 32.2. The van der Waals surface area contributed by atoms with Crippen LogP contribution in [-0.4, -0.2) is 5.25 Å². The molecular weight excluding hydrogens is 176 g/mol. The monoisotopic (exact) mass is 190 g/mol. The number of rotatable bonds is 2. The molecule has 1 aromatic carbocycles. The zero-order valence-electron chi connectivity index (χ0n) is 7.65. The summed E-state index contributed by atoms with van der Waals surface area (Å²) in [6, 6.07) is 10.7. The van der Waals surface area contributed by atoms with Crippen LogP contribution in [0, 0.1) is 12.8 Å². The second kappa shape index (κ2) is 4.71. The molecule has 0 spiro atoms. The summed E-state index contributed by atoms with van der Waals surface area (Å²) in [6.07, 6.45) is 8.61. The van der Waals surface area contributed by atoms with Crippen LogP contribution in [0.25, 0.3) is 0 Å². The van der Waals surface area contributed by atoms with Gasteiger partial charge in [0.05, 0.1) is 0 Å². The molecule has 1 saturated carbocycles. The van der Waals surface area contributed by atoms with E-state index in [0.717, 1.165) is 0 Å². The number of hydrogen-bond acceptors (Lipinski definition) is 1. The van der Waals surface area contributed by atoms with Gasteiger partial charge in [-0.05, 0) is 44.2 Å². The summed E-state index contributed by atoms with van der Waals surface area (Å²) in [5, 5.41) is 0.705. The third-order valence-corrected chi connectivity index (χ3v) is 3.46. The van der Waals surface area contributed by atoms with E-state index in [1.165, 1.54) is 24.2 Å². The van der Waals surface area contributed by atoms with E-state index >= 15 is 0 Å². The highest BCUT2D eigenvalue weighted by Gasteiger charge is 2.14. The van der Waals surface area contributed by atoms with E-state index in [0.29, 0.717) is 5.25 Å². The minimum absolute atomic E-state index is 0.705. The van der Waals surface area contributed by atoms with E-state index in [2.05, 4.69) is 43.2 Å². The van der Waals surface area contributed by atoms with Crippen molar-refractivity contribution in [2.45, 2.75) is 29.4 Å². The van der Waals surface area contributed by atoms with Crippen molar-refractivity contribution in [2.24, 2.45) is 0 Å².